The van der Waals surface area contributed by atoms with E-state index in [1.54, 1.807) is 0 Å². The highest BCUT2D eigenvalue weighted by molar-refractivity contribution is 5.94. The van der Waals surface area contributed by atoms with Gasteiger partial charge in [0.15, 0.2) is 0 Å². The van der Waals surface area contributed by atoms with E-state index in [-0.39, 0.29) is 18.6 Å². The van der Waals surface area contributed by atoms with Crippen LogP contribution in [0, 0.1) is 5.92 Å². The maximum Gasteiger partial charge on any atom is 0.241 e. The standard InChI is InChI=1S/C15H22N2O2/c1-2-11-7-8-16-14(9-11)15(19)17-13-5-3-12(10-18)4-6-13/h3-6,11,14,16,18H,2,7-10H2,1H3,(H,17,19). The smallest absolute Gasteiger partial charge is 0.241 e. The highest BCUT2D eigenvalue weighted by Gasteiger charge is 2.25. The van der Waals surface area contributed by atoms with Gasteiger partial charge >= 0.3 is 0 Å². The maximum atomic E-state index is 12.2. The van der Waals surface area contributed by atoms with Crippen LogP contribution in [0.1, 0.15) is 31.7 Å². The van der Waals surface area contributed by atoms with Gasteiger partial charge in [-0.1, -0.05) is 25.5 Å². The minimum atomic E-state index is -0.0868. The van der Waals surface area contributed by atoms with Crippen molar-refractivity contribution in [3.05, 3.63) is 29.8 Å². The van der Waals surface area contributed by atoms with E-state index in [0.29, 0.717) is 5.92 Å². The summed E-state index contributed by atoms with van der Waals surface area (Å²) in [6.45, 7) is 3.12. The first-order valence-corrected chi connectivity index (χ1v) is 6.97. The Morgan fingerprint density at radius 3 is 2.79 bits per heavy atom. The summed E-state index contributed by atoms with van der Waals surface area (Å²) in [6, 6.07) is 7.20. The lowest BCUT2D eigenvalue weighted by Crippen LogP contribution is -2.46. The Morgan fingerprint density at radius 1 is 1.42 bits per heavy atom. The van der Waals surface area contributed by atoms with Gasteiger partial charge in [0.25, 0.3) is 0 Å². The minimum Gasteiger partial charge on any atom is -0.392 e. The predicted octanol–water partition coefficient (Wildman–Crippen LogP) is 1.90. The van der Waals surface area contributed by atoms with E-state index in [1.807, 2.05) is 24.3 Å². The van der Waals surface area contributed by atoms with Gasteiger partial charge in [0.2, 0.25) is 5.91 Å². The predicted molar refractivity (Wildman–Crippen MR) is 75.8 cm³/mol. The summed E-state index contributed by atoms with van der Waals surface area (Å²) >= 11 is 0. The monoisotopic (exact) mass is 262 g/mol. The molecule has 0 aliphatic carbocycles. The number of piperidine rings is 1. The van der Waals surface area contributed by atoms with E-state index >= 15 is 0 Å². The molecule has 1 aromatic rings. The molecule has 1 heterocycles. The molecule has 4 nitrogen and oxygen atoms in total. The van der Waals surface area contributed by atoms with Crippen LogP contribution in [0.15, 0.2) is 24.3 Å². The van der Waals surface area contributed by atoms with Gasteiger partial charge in [-0.3, -0.25) is 4.79 Å². The molecule has 1 aromatic carbocycles. The zero-order valence-electron chi connectivity index (χ0n) is 11.4. The molecule has 0 bridgehead atoms. The normalized spacial score (nSPS) is 23.1. The Balaban J connectivity index is 1.92. The lowest BCUT2D eigenvalue weighted by Gasteiger charge is -2.28. The number of amides is 1. The first kappa shape index (κ1) is 14.0. The van der Waals surface area contributed by atoms with Crippen LogP contribution in [-0.4, -0.2) is 23.6 Å². The molecular weight excluding hydrogens is 240 g/mol. The summed E-state index contributed by atoms with van der Waals surface area (Å²) in [6.07, 6.45) is 3.21. The molecule has 0 saturated carbocycles. The van der Waals surface area contributed by atoms with Gasteiger partial charge in [0, 0.05) is 5.69 Å². The van der Waals surface area contributed by atoms with Gasteiger partial charge in [-0.2, -0.15) is 0 Å². The number of benzene rings is 1. The van der Waals surface area contributed by atoms with Crippen molar-refractivity contribution in [2.75, 3.05) is 11.9 Å². The van der Waals surface area contributed by atoms with Gasteiger partial charge in [-0.05, 0) is 43.0 Å². The Hall–Kier alpha value is -1.39. The molecule has 2 rings (SSSR count). The molecule has 2 unspecified atom stereocenters. The topological polar surface area (TPSA) is 61.4 Å². The first-order valence-electron chi connectivity index (χ1n) is 6.97. The third-order valence-corrected chi connectivity index (χ3v) is 3.81. The van der Waals surface area contributed by atoms with Crippen LogP contribution in [0.5, 0.6) is 0 Å². The molecule has 4 heteroatoms. The average Bonchev–Trinajstić information content (AvgIpc) is 2.48. The Labute approximate surface area is 114 Å². The van der Waals surface area contributed by atoms with E-state index < -0.39 is 0 Å². The van der Waals surface area contributed by atoms with Crippen molar-refractivity contribution >= 4 is 11.6 Å². The van der Waals surface area contributed by atoms with Gasteiger partial charge in [0.1, 0.15) is 0 Å². The summed E-state index contributed by atoms with van der Waals surface area (Å²) in [7, 11) is 0. The van der Waals surface area contributed by atoms with E-state index in [1.165, 1.54) is 0 Å². The van der Waals surface area contributed by atoms with Crippen LogP contribution in [0.2, 0.25) is 0 Å². The summed E-state index contributed by atoms with van der Waals surface area (Å²) in [5.74, 6) is 0.684. The third-order valence-electron chi connectivity index (χ3n) is 3.81. The van der Waals surface area contributed by atoms with Crippen molar-refractivity contribution in [2.45, 2.75) is 38.8 Å². The molecule has 0 spiro atoms. The number of carbonyl (C=O) groups excluding carboxylic acids is 1. The Morgan fingerprint density at radius 2 is 2.16 bits per heavy atom. The van der Waals surface area contributed by atoms with Crippen LogP contribution in [-0.2, 0) is 11.4 Å². The van der Waals surface area contributed by atoms with Crippen LogP contribution in [0.4, 0.5) is 5.69 Å². The van der Waals surface area contributed by atoms with Crippen molar-refractivity contribution < 1.29 is 9.90 Å². The lowest BCUT2D eigenvalue weighted by molar-refractivity contribution is -0.119. The van der Waals surface area contributed by atoms with Gasteiger partial charge in [0.05, 0.1) is 12.6 Å². The van der Waals surface area contributed by atoms with E-state index in [0.717, 1.165) is 37.1 Å². The first-order chi connectivity index (χ1) is 9.22. The summed E-state index contributed by atoms with van der Waals surface area (Å²) in [5.41, 5.74) is 1.63. The largest absolute Gasteiger partial charge is 0.392 e. The minimum absolute atomic E-state index is 0.0244. The molecule has 0 radical (unpaired) electrons. The molecule has 104 valence electrons. The second-order valence-corrected chi connectivity index (χ2v) is 5.15. The van der Waals surface area contributed by atoms with Crippen molar-refractivity contribution in [3.8, 4) is 0 Å². The number of aliphatic hydroxyl groups is 1. The van der Waals surface area contributed by atoms with Crippen molar-refractivity contribution in [3.63, 3.8) is 0 Å². The summed E-state index contributed by atoms with van der Waals surface area (Å²) < 4.78 is 0. The molecule has 2 atom stereocenters. The van der Waals surface area contributed by atoms with Crippen LogP contribution in [0.3, 0.4) is 0 Å². The van der Waals surface area contributed by atoms with Crippen molar-refractivity contribution in [2.24, 2.45) is 5.92 Å². The number of carbonyl (C=O) groups is 1. The number of anilines is 1. The lowest BCUT2D eigenvalue weighted by atomic mass is 9.90. The molecule has 1 aliphatic heterocycles. The maximum absolute atomic E-state index is 12.2. The van der Waals surface area contributed by atoms with E-state index in [2.05, 4.69) is 17.6 Å². The molecule has 1 fully saturated rings. The SMILES string of the molecule is CCC1CCNC(C(=O)Nc2ccc(CO)cc2)C1. The number of aliphatic hydroxyl groups excluding tert-OH is 1. The second kappa shape index (κ2) is 6.68. The highest BCUT2D eigenvalue weighted by Crippen LogP contribution is 2.20. The molecule has 1 aliphatic rings. The zero-order valence-corrected chi connectivity index (χ0v) is 11.4. The third kappa shape index (κ3) is 3.78. The van der Waals surface area contributed by atoms with Crippen LogP contribution < -0.4 is 10.6 Å². The van der Waals surface area contributed by atoms with Gasteiger partial charge in [-0.25, -0.2) is 0 Å². The molecule has 0 aromatic heterocycles. The Bertz CT molecular complexity index is 417. The highest BCUT2D eigenvalue weighted by atomic mass is 16.3. The van der Waals surface area contributed by atoms with E-state index in [9.17, 15) is 4.79 Å². The van der Waals surface area contributed by atoms with Crippen molar-refractivity contribution in [1.29, 1.82) is 0 Å². The molecule has 19 heavy (non-hydrogen) atoms. The summed E-state index contributed by atoms with van der Waals surface area (Å²) in [5, 5.41) is 15.2. The van der Waals surface area contributed by atoms with Crippen LogP contribution >= 0.6 is 0 Å². The second-order valence-electron chi connectivity index (χ2n) is 5.15. The number of nitrogens with one attached hydrogen (secondary N) is 2. The van der Waals surface area contributed by atoms with Crippen LogP contribution in [0.25, 0.3) is 0 Å². The molecule has 1 saturated heterocycles. The average molecular weight is 262 g/mol. The zero-order chi connectivity index (χ0) is 13.7. The Kier molecular flexibility index (Phi) is 4.93. The number of hydrogen-bond acceptors (Lipinski definition) is 3. The van der Waals surface area contributed by atoms with Gasteiger partial charge < -0.3 is 15.7 Å². The van der Waals surface area contributed by atoms with Crippen molar-refractivity contribution in [1.82, 2.24) is 5.32 Å². The molecular formula is C15H22N2O2. The fourth-order valence-electron chi connectivity index (χ4n) is 2.49. The summed E-state index contributed by atoms with van der Waals surface area (Å²) in [4.78, 5) is 12.2. The number of hydrogen-bond donors (Lipinski definition) is 3. The number of rotatable bonds is 4. The van der Waals surface area contributed by atoms with Gasteiger partial charge in [-0.15, -0.1) is 0 Å². The van der Waals surface area contributed by atoms with E-state index in [4.69, 9.17) is 5.11 Å². The molecule has 1 amide bonds. The molecule has 3 N–H and O–H groups in total. The quantitative estimate of drug-likeness (QED) is 0.776. The fourth-order valence-corrected chi connectivity index (χ4v) is 2.49. The fraction of sp³-hybridized carbons (Fsp3) is 0.533.